The summed E-state index contributed by atoms with van der Waals surface area (Å²) in [4.78, 5) is 26.8. The summed E-state index contributed by atoms with van der Waals surface area (Å²) in [5.74, 6) is 0.822. The Morgan fingerprint density at radius 2 is 1.94 bits per heavy atom. The van der Waals surface area contributed by atoms with Crippen molar-refractivity contribution in [2.75, 3.05) is 12.4 Å². The topological polar surface area (TPSA) is 99.2 Å². The molecule has 0 saturated carbocycles. The van der Waals surface area contributed by atoms with Crippen molar-refractivity contribution in [2.24, 2.45) is 0 Å². The second-order valence-corrected chi connectivity index (χ2v) is 8.17. The van der Waals surface area contributed by atoms with Gasteiger partial charge in [-0.05, 0) is 49.9 Å². The van der Waals surface area contributed by atoms with E-state index < -0.39 is 11.6 Å². The van der Waals surface area contributed by atoms with Gasteiger partial charge in [0.05, 0.1) is 12.5 Å². The number of carbonyl (C=O) groups is 1. The highest BCUT2D eigenvalue weighted by atomic mass is 16.5. The van der Waals surface area contributed by atoms with Gasteiger partial charge in [0.15, 0.2) is 5.52 Å². The zero-order valence-corrected chi connectivity index (χ0v) is 20.0. The Morgan fingerprint density at radius 3 is 2.65 bits per heavy atom. The predicted octanol–water partition coefficient (Wildman–Crippen LogP) is 4.83. The second-order valence-electron chi connectivity index (χ2n) is 8.17. The molecule has 1 atom stereocenters. The molecular formula is C26H28N4O4. The number of hydrogen-bond donors (Lipinski definition) is 1. The molecule has 2 aromatic heterocycles. The maximum absolute atomic E-state index is 13.4. The first kappa shape index (κ1) is 23.2. The van der Waals surface area contributed by atoms with Crippen LogP contribution >= 0.6 is 0 Å². The highest BCUT2D eigenvalue weighted by molar-refractivity contribution is 5.96. The van der Waals surface area contributed by atoms with E-state index in [0.717, 1.165) is 28.8 Å². The van der Waals surface area contributed by atoms with E-state index in [9.17, 15) is 9.59 Å². The summed E-state index contributed by atoms with van der Waals surface area (Å²) in [7, 11) is 1.58. The lowest BCUT2D eigenvalue weighted by Gasteiger charge is -2.20. The van der Waals surface area contributed by atoms with Crippen LogP contribution in [0.15, 0.2) is 51.8 Å². The van der Waals surface area contributed by atoms with E-state index in [0.29, 0.717) is 29.0 Å². The van der Waals surface area contributed by atoms with E-state index >= 15 is 0 Å². The molecule has 1 N–H and O–H groups in total. The Balaban J connectivity index is 1.85. The molecule has 176 valence electrons. The van der Waals surface area contributed by atoms with Crippen molar-refractivity contribution in [2.45, 2.75) is 46.6 Å². The van der Waals surface area contributed by atoms with E-state index in [1.807, 2.05) is 63.2 Å². The maximum Gasteiger partial charge on any atom is 0.297 e. The van der Waals surface area contributed by atoms with Crippen molar-refractivity contribution in [3.05, 3.63) is 69.7 Å². The number of aromatic nitrogens is 3. The zero-order chi connectivity index (χ0) is 24.4. The molecule has 34 heavy (non-hydrogen) atoms. The quantitative estimate of drug-likeness (QED) is 0.424. The summed E-state index contributed by atoms with van der Waals surface area (Å²) in [6.07, 6.45) is 1.14. The fourth-order valence-corrected chi connectivity index (χ4v) is 4.17. The van der Waals surface area contributed by atoms with Gasteiger partial charge < -0.3 is 14.6 Å². The Bertz CT molecular complexity index is 1420. The zero-order valence-electron chi connectivity index (χ0n) is 20.0. The SMILES string of the molecule is CCc1cccc(C)c1NC(=O)[C@H](CC)n1nc(-c2cccc(OC)c2)c2c(C)onc2c1=O. The van der Waals surface area contributed by atoms with E-state index in [-0.39, 0.29) is 11.4 Å². The number of carbonyl (C=O) groups excluding carboxylic acids is 1. The van der Waals surface area contributed by atoms with Crippen LogP contribution in [0.1, 0.15) is 43.2 Å². The molecule has 8 heteroatoms. The summed E-state index contributed by atoms with van der Waals surface area (Å²) in [6, 6.07) is 12.4. The second kappa shape index (κ2) is 9.51. The lowest BCUT2D eigenvalue weighted by atomic mass is 10.0. The molecule has 8 nitrogen and oxygen atoms in total. The third-order valence-corrected chi connectivity index (χ3v) is 6.03. The van der Waals surface area contributed by atoms with Crippen LogP contribution in [0.5, 0.6) is 5.75 Å². The van der Waals surface area contributed by atoms with Gasteiger partial charge in [0.1, 0.15) is 23.2 Å². The van der Waals surface area contributed by atoms with Gasteiger partial charge >= 0.3 is 0 Å². The molecule has 0 radical (unpaired) electrons. The van der Waals surface area contributed by atoms with Crippen molar-refractivity contribution < 1.29 is 14.1 Å². The lowest BCUT2D eigenvalue weighted by Crippen LogP contribution is -2.35. The normalized spacial score (nSPS) is 12.0. The number of benzene rings is 2. The summed E-state index contributed by atoms with van der Waals surface area (Å²) >= 11 is 0. The number of nitrogens with zero attached hydrogens (tertiary/aromatic N) is 3. The van der Waals surface area contributed by atoms with Crippen LogP contribution in [0, 0.1) is 13.8 Å². The molecule has 2 heterocycles. The number of fused-ring (bicyclic) bond motifs is 1. The van der Waals surface area contributed by atoms with Gasteiger partial charge in [-0.2, -0.15) is 5.10 Å². The van der Waals surface area contributed by atoms with Crippen LogP contribution < -0.4 is 15.6 Å². The van der Waals surface area contributed by atoms with Gasteiger partial charge in [-0.15, -0.1) is 0 Å². The Kier molecular flexibility index (Phi) is 6.49. The first-order valence-electron chi connectivity index (χ1n) is 11.3. The van der Waals surface area contributed by atoms with Gasteiger partial charge in [-0.3, -0.25) is 9.59 Å². The number of methoxy groups -OCH3 is 1. The highest BCUT2D eigenvalue weighted by Crippen LogP contribution is 2.30. The Hall–Kier alpha value is -3.94. The average molecular weight is 461 g/mol. The third kappa shape index (κ3) is 4.07. The standard InChI is InChI=1S/C26H28N4O4/c1-6-17-11-8-10-15(3)22(17)27-25(31)20(7-2)30-26(32)24-21(16(4)34-29-24)23(28-30)18-12-9-13-19(14-18)33-5/h8-14,20H,6-7H2,1-5H3,(H,27,31)/t20-/m0/s1. The molecule has 0 fully saturated rings. The van der Waals surface area contributed by atoms with Crippen LogP contribution in [0.3, 0.4) is 0 Å². The molecule has 0 aliphatic carbocycles. The highest BCUT2D eigenvalue weighted by Gasteiger charge is 2.27. The van der Waals surface area contributed by atoms with E-state index in [1.54, 1.807) is 14.0 Å². The van der Waals surface area contributed by atoms with Crippen LogP contribution in [0.2, 0.25) is 0 Å². The smallest absolute Gasteiger partial charge is 0.297 e. The summed E-state index contributed by atoms with van der Waals surface area (Å²) in [5, 5.41) is 12.2. The van der Waals surface area contributed by atoms with Crippen LogP contribution in [0.25, 0.3) is 22.2 Å². The third-order valence-electron chi connectivity index (χ3n) is 6.03. The fraction of sp³-hybridized carbons (Fsp3) is 0.308. The molecule has 1 amide bonds. The van der Waals surface area contributed by atoms with E-state index in [2.05, 4.69) is 15.6 Å². The first-order valence-corrected chi connectivity index (χ1v) is 11.3. The Labute approximate surface area is 197 Å². The van der Waals surface area contributed by atoms with Crippen LogP contribution in [0.4, 0.5) is 5.69 Å². The van der Waals surface area contributed by atoms with Crippen LogP contribution in [-0.2, 0) is 11.2 Å². The maximum atomic E-state index is 13.4. The summed E-state index contributed by atoms with van der Waals surface area (Å²) in [6.45, 7) is 7.57. The molecule has 0 saturated heterocycles. The molecule has 0 spiro atoms. The molecule has 0 bridgehead atoms. The van der Waals surface area contributed by atoms with Gasteiger partial charge in [0.25, 0.3) is 5.56 Å². The Morgan fingerprint density at radius 1 is 1.18 bits per heavy atom. The predicted molar refractivity (Wildman–Crippen MR) is 131 cm³/mol. The molecule has 4 aromatic rings. The lowest BCUT2D eigenvalue weighted by molar-refractivity contribution is -0.119. The minimum absolute atomic E-state index is 0.140. The van der Waals surface area contributed by atoms with Crippen LogP contribution in [-0.4, -0.2) is 28.0 Å². The van der Waals surface area contributed by atoms with E-state index in [1.165, 1.54) is 4.68 Å². The van der Waals surface area contributed by atoms with Crippen molar-refractivity contribution in [3.8, 4) is 17.0 Å². The van der Waals surface area contributed by atoms with Crippen molar-refractivity contribution in [1.29, 1.82) is 0 Å². The largest absolute Gasteiger partial charge is 0.497 e. The number of amides is 1. The molecule has 0 aliphatic heterocycles. The molecule has 0 unspecified atom stereocenters. The minimum Gasteiger partial charge on any atom is -0.497 e. The molecule has 2 aromatic carbocycles. The first-order chi connectivity index (χ1) is 16.4. The number of nitrogens with one attached hydrogen (secondary N) is 1. The number of anilines is 1. The molecule has 4 rings (SSSR count). The van der Waals surface area contributed by atoms with Gasteiger partial charge in [-0.25, -0.2) is 4.68 Å². The molecular weight excluding hydrogens is 432 g/mol. The van der Waals surface area contributed by atoms with Crippen molar-refractivity contribution >= 4 is 22.5 Å². The fourth-order valence-electron chi connectivity index (χ4n) is 4.17. The van der Waals surface area contributed by atoms with Crippen molar-refractivity contribution in [3.63, 3.8) is 0 Å². The minimum atomic E-state index is -0.831. The number of hydrogen-bond acceptors (Lipinski definition) is 6. The summed E-state index contributed by atoms with van der Waals surface area (Å²) in [5.41, 5.74) is 3.66. The monoisotopic (exact) mass is 460 g/mol. The summed E-state index contributed by atoms with van der Waals surface area (Å²) < 4.78 is 11.9. The van der Waals surface area contributed by atoms with Gasteiger partial charge in [-0.1, -0.05) is 49.3 Å². The number of aryl methyl sites for hydroxylation is 3. The average Bonchev–Trinajstić information content (AvgIpc) is 3.24. The van der Waals surface area contributed by atoms with Gasteiger partial charge in [0.2, 0.25) is 5.91 Å². The number of rotatable bonds is 7. The van der Waals surface area contributed by atoms with Crippen molar-refractivity contribution in [1.82, 2.24) is 14.9 Å². The number of ether oxygens (including phenoxy) is 1. The van der Waals surface area contributed by atoms with Gasteiger partial charge in [0, 0.05) is 11.3 Å². The molecule has 0 aliphatic rings. The number of para-hydroxylation sites is 1. The van der Waals surface area contributed by atoms with E-state index in [4.69, 9.17) is 9.26 Å².